The minimum atomic E-state index is -0.476. The number of pyridine rings is 1. The zero-order valence-corrected chi connectivity index (χ0v) is 17.6. The molecular formula is C24H26N4O3. The second-order valence-electron chi connectivity index (χ2n) is 8.43. The molecule has 0 spiro atoms. The van der Waals surface area contributed by atoms with Crippen molar-refractivity contribution < 1.29 is 14.6 Å². The third kappa shape index (κ3) is 3.93. The number of aryl methyl sites for hydroxylation is 1. The van der Waals surface area contributed by atoms with E-state index in [4.69, 9.17) is 4.74 Å². The standard InChI is InChI=1S/C24H26N4O3/c1-27-14-18(13-26-27)20-8-6-17(12-25-20)10-16-7-9-23-19(11-16)24(30)28(15-31-23)21-4-2-3-5-22(21)29/h6-9,11-14,21-22,29H,2-5,10,15H2,1H3/t21-,22-/m0/s1. The van der Waals surface area contributed by atoms with Crippen molar-refractivity contribution in [3.63, 3.8) is 0 Å². The molecule has 1 aromatic carbocycles. The number of rotatable bonds is 4. The zero-order chi connectivity index (χ0) is 21.4. The number of aliphatic hydroxyl groups excluding tert-OH is 1. The molecule has 0 saturated heterocycles. The molecule has 1 amide bonds. The number of amides is 1. The second kappa shape index (κ2) is 8.15. The SMILES string of the molecule is Cn1cc(-c2ccc(Cc3ccc4c(c3)C(=O)N([C@H]3CCCC[C@@H]3O)CO4)cn2)cn1. The Labute approximate surface area is 181 Å². The topological polar surface area (TPSA) is 80.5 Å². The molecule has 3 heterocycles. The van der Waals surface area contributed by atoms with E-state index in [9.17, 15) is 9.90 Å². The van der Waals surface area contributed by atoms with E-state index in [1.807, 2.05) is 43.7 Å². The Bertz CT molecular complexity index is 1090. The molecule has 7 nitrogen and oxygen atoms in total. The summed E-state index contributed by atoms with van der Waals surface area (Å²) in [6.45, 7) is 0.201. The fourth-order valence-electron chi connectivity index (χ4n) is 4.52. The lowest BCUT2D eigenvalue weighted by molar-refractivity contribution is -0.0124. The smallest absolute Gasteiger partial charge is 0.260 e. The van der Waals surface area contributed by atoms with Gasteiger partial charge in [0.1, 0.15) is 5.75 Å². The highest BCUT2D eigenvalue weighted by Gasteiger charge is 2.36. The zero-order valence-electron chi connectivity index (χ0n) is 17.6. The lowest BCUT2D eigenvalue weighted by atomic mass is 9.90. The van der Waals surface area contributed by atoms with Crippen LogP contribution in [-0.2, 0) is 13.5 Å². The normalized spacial score (nSPS) is 21.0. The summed E-state index contributed by atoms with van der Waals surface area (Å²) < 4.78 is 7.61. The summed E-state index contributed by atoms with van der Waals surface area (Å²) in [7, 11) is 1.88. The van der Waals surface area contributed by atoms with E-state index >= 15 is 0 Å². The molecule has 1 aliphatic heterocycles. The van der Waals surface area contributed by atoms with Gasteiger partial charge >= 0.3 is 0 Å². The van der Waals surface area contributed by atoms with Gasteiger partial charge in [-0.05, 0) is 48.6 Å². The molecule has 1 fully saturated rings. The van der Waals surface area contributed by atoms with Crippen LogP contribution in [0, 0.1) is 0 Å². The number of benzene rings is 1. The maximum absolute atomic E-state index is 13.2. The fourth-order valence-corrected chi connectivity index (χ4v) is 4.52. The predicted molar refractivity (Wildman–Crippen MR) is 116 cm³/mol. The number of carbonyl (C=O) groups is 1. The Morgan fingerprint density at radius 1 is 1.13 bits per heavy atom. The monoisotopic (exact) mass is 418 g/mol. The maximum atomic E-state index is 13.2. The van der Waals surface area contributed by atoms with E-state index in [0.29, 0.717) is 17.7 Å². The van der Waals surface area contributed by atoms with Crippen LogP contribution in [-0.4, -0.2) is 49.6 Å². The van der Waals surface area contributed by atoms with Gasteiger partial charge in [-0.25, -0.2) is 0 Å². The Morgan fingerprint density at radius 2 is 1.97 bits per heavy atom. The Balaban J connectivity index is 1.34. The van der Waals surface area contributed by atoms with Crippen LogP contribution in [0.5, 0.6) is 5.75 Å². The number of ether oxygens (including phenoxy) is 1. The molecule has 160 valence electrons. The average Bonchev–Trinajstić information content (AvgIpc) is 3.22. The highest BCUT2D eigenvalue weighted by Crippen LogP contribution is 2.31. The van der Waals surface area contributed by atoms with Crippen LogP contribution < -0.4 is 4.74 Å². The molecule has 2 aromatic heterocycles. The molecule has 5 rings (SSSR count). The highest BCUT2D eigenvalue weighted by atomic mass is 16.5. The van der Waals surface area contributed by atoms with Crippen LogP contribution in [0.1, 0.15) is 47.2 Å². The third-order valence-electron chi connectivity index (χ3n) is 6.22. The summed E-state index contributed by atoms with van der Waals surface area (Å²) in [6, 6.07) is 9.65. The van der Waals surface area contributed by atoms with E-state index in [0.717, 1.165) is 48.1 Å². The summed E-state index contributed by atoms with van der Waals surface area (Å²) in [4.78, 5) is 19.4. The Kier molecular flexibility index (Phi) is 5.19. The maximum Gasteiger partial charge on any atom is 0.260 e. The number of aliphatic hydroxyl groups is 1. The van der Waals surface area contributed by atoms with Crippen molar-refractivity contribution in [3.8, 4) is 17.0 Å². The van der Waals surface area contributed by atoms with Crippen LogP contribution >= 0.6 is 0 Å². The highest BCUT2D eigenvalue weighted by molar-refractivity contribution is 5.98. The number of hydrogen-bond donors (Lipinski definition) is 1. The molecule has 1 saturated carbocycles. The molecule has 0 bridgehead atoms. The molecule has 0 unspecified atom stereocenters. The van der Waals surface area contributed by atoms with Crippen LogP contribution in [0.3, 0.4) is 0 Å². The van der Waals surface area contributed by atoms with Crippen molar-refractivity contribution >= 4 is 5.91 Å². The van der Waals surface area contributed by atoms with Gasteiger partial charge < -0.3 is 9.84 Å². The van der Waals surface area contributed by atoms with Gasteiger partial charge in [-0.3, -0.25) is 19.4 Å². The first-order valence-corrected chi connectivity index (χ1v) is 10.8. The van der Waals surface area contributed by atoms with Gasteiger partial charge in [0.15, 0.2) is 6.73 Å². The predicted octanol–water partition coefficient (Wildman–Crippen LogP) is 3.17. The number of nitrogens with zero attached hydrogens (tertiary/aromatic N) is 4. The lowest BCUT2D eigenvalue weighted by Crippen LogP contribution is -2.51. The number of fused-ring (bicyclic) bond motifs is 1. The molecule has 7 heteroatoms. The molecule has 1 aliphatic carbocycles. The van der Waals surface area contributed by atoms with Crippen LogP contribution in [0.15, 0.2) is 48.9 Å². The summed E-state index contributed by atoms with van der Waals surface area (Å²) >= 11 is 0. The second-order valence-corrected chi connectivity index (χ2v) is 8.43. The van der Waals surface area contributed by atoms with Crippen molar-refractivity contribution in [1.82, 2.24) is 19.7 Å². The summed E-state index contributed by atoms with van der Waals surface area (Å²) in [6.07, 6.45) is 9.39. The minimum Gasteiger partial charge on any atom is -0.472 e. The minimum absolute atomic E-state index is 0.0564. The van der Waals surface area contributed by atoms with E-state index < -0.39 is 6.10 Å². The molecule has 2 atom stereocenters. The first kappa shape index (κ1) is 19.8. The molecular weight excluding hydrogens is 392 g/mol. The first-order valence-electron chi connectivity index (χ1n) is 10.8. The van der Waals surface area contributed by atoms with Gasteiger partial charge in [-0.1, -0.05) is 25.0 Å². The van der Waals surface area contributed by atoms with Gasteiger partial charge in [0.2, 0.25) is 0 Å². The van der Waals surface area contributed by atoms with Gasteiger partial charge in [-0.15, -0.1) is 0 Å². The van der Waals surface area contributed by atoms with Gasteiger partial charge in [0, 0.05) is 25.0 Å². The first-order chi connectivity index (χ1) is 15.1. The van der Waals surface area contributed by atoms with Crippen LogP contribution in [0.4, 0.5) is 0 Å². The van der Waals surface area contributed by atoms with Crippen LogP contribution in [0.2, 0.25) is 0 Å². The Morgan fingerprint density at radius 3 is 2.71 bits per heavy atom. The number of aromatic nitrogens is 3. The van der Waals surface area contributed by atoms with E-state index in [2.05, 4.69) is 16.1 Å². The van der Waals surface area contributed by atoms with Crippen molar-refractivity contribution in [2.24, 2.45) is 7.05 Å². The summed E-state index contributed by atoms with van der Waals surface area (Å²) in [5, 5.41) is 14.6. The molecule has 0 radical (unpaired) electrons. The molecule has 2 aliphatic rings. The van der Waals surface area contributed by atoms with Crippen LogP contribution in [0.25, 0.3) is 11.3 Å². The molecule has 3 aromatic rings. The van der Waals surface area contributed by atoms with Crippen molar-refractivity contribution in [2.45, 2.75) is 44.2 Å². The average molecular weight is 418 g/mol. The van der Waals surface area contributed by atoms with Gasteiger partial charge in [0.05, 0.1) is 29.6 Å². The molecule has 31 heavy (non-hydrogen) atoms. The van der Waals surface area contributed by atoms with E-state index in [-0.39, 0.29) is 18.7 Å². The quantitative estimate of drug-likeness (QED) is 0.704. The van der Waals surface area contributed by atoms with E-state index in [1.165, 1.54) is 0 Å². The van der Waals surface area contributed by atoms with E-state index in [1.54, 1.807) is 15.8 Å². The van der Waals surface area contributed by atoms with Gasteiger partial charge in [0.25, 0.3) is 5.91 Å². The van der Waals surface area contributed by atoms with Crippen molar-refractivity contribution in [2.75, 3.05) is 6.73 Å². The largest absolute Gasteiger partial charge is 0.472 e. The number of hydrogen-bond acceptors (Lipinski definition) is 5. The summed E-state index contributed by atoms with van der Waals surface area (Å²) in [5.74, 6) is 0.555. The third-order valence-corrected chi connectivity index (χ3v) is 6.22. The van der Waals surface area contributed by atoms with Crippen molar-refractivity contribution in [1.29, 1.82) is 0 Å². The fraction of sp³-hybridized carbons (Fsp3) is 0.375. The Hall–Kier alpha value is -3.19. The number of carbonyl (C=O) groups excluding carboxylic acids is 1. The van der Waals surface area contributed by atoms with Gasteiger partial charge in [-0.2, -0.15) is 5.10 Å². The van der Waals surface area contributed by atoms with Crippen molar-refractivity contribution in [3.05, 3.63) is 65.6 Å². The summed E-state index contributed by atoms with van der Waals surface area (Å²) in [5.41, 5.74) is 4.53. The molecule has 1 N–H and O–H groups in total. The lowest BCUT2D eigenvalue weighted by Gasteiger charge is -2.39.